The van der Waals surface area contributed by atoms with Crippen LogP contribution in [0.4, 0.5) is 0 Å². The first-order valence-electron chi connectivity index (χ1n) is 3.92. The van der Waals surface area contributed by atoms with Gasteiger partial charge in [-0.1, -0.05) is 15.9 Å². The van der Waals surface area contributed by atoms with Gasteiger partial charge in [-0.2, -0.15) is 5.26 Å². The first-order valence-corrected chi connectivity index (χ1v) is 6.72. The molecule has 14 heavy (non-hydrogen) atoms. The Bertz CT molecular complexity index is 525. The molecule has 0 saturated heterocycles. The van der Waals surface area contributed by atoms with Gasteiger partial charge in [0.25, 0.3) is 0 Å². The lowest BCUT2D eigenvalue weighted by molar-refractivity contribution is 1.38. The molecule has 0 saturated carbocycles. The Hall–Kier alpha value is -0.370. The van der Waals surface area contributed by atoms with E-state index in [4.69, 9.17) is 5.26 Å². The number of halogens is 2. The SMILES string of the molecule is N#Cc1c(CBr)cc2ccsc2c1Br. The summed E-state index contributed by atoms with van der Waals surface area (Å²) in [5.74, 6) is 0. The van der Waals surface area contributed by atoms with E-state index in [1.807, 2.05) is 5.38 Å². The van der Waals surface area contributed by atoms with Crippen LogP contribution < -0.4 is 0 Å². The van der Waals surface area contributed by atoms with Crippen molar-refractivity contribution >= 4 is 53.3 Å². The summed E-state index contributed by atoms with van der Waals surface area (Å²) in [6.07, 6.45) is 0. The van der Waals surface area contributed by atoms with E-state index in [2.05, 4.69) is 50.1 Å². The summed E-state index contributed by atoms with van der Waals surface area (Å²) in [5.41, 5.74) is 1.77. The van der Waals surface area contributed by atoms with Crippen LogP contribution in [0, 0.1) is 11.3 Å². The number of nitriles is 1. The van der Waals surface area contributed by atoms with Crippen molar-refractivity contribution in [3.8, 4) is 6.07 Å². The Kier molecular flexibility index (Phi) is 2.91. The molecule has 70 valence electrons. The lowest BCUT2D eigenvalue weighted by Gasteiger charge is -2.03. The zero-order valence-electron chi connectivity index (χ0n) is 7.05. The molecule has 0 unspecified atom stereocenters. The van der Waals surface area contributed by atoms with Crippen LogP contribution >= 0.6 is 43.2 Å². The van der Waals surface area contributed by atoms with Gasteiger partial charge in [0.1, 0.15) is 6.07 Å². The van der Waals surface area contributed by atoms with Crippen LogP contribution in [-0.4, -0.2) is 0 Å². The Balaban J connectivity index is 2.88. The number of hydrogen-bond donors (Lipinski definition) is 0. The summed E-state index contributed by atoms with van der Waals surface area (Å²) < 4.78 is 2.06. The molecule has 2 aromatic rings. The van der Waals surface area contributed by atoms with Crippen LogP contribution in [0.1, 0.15) is 11.1 Å². The highest BCUT2D eigenvalue weighted by molar-refractivity contribution is 9.10. The maximum Gasteiger partial charge on any atom is 0.101 e. The normalized spacial score (nSPS) is 10.4. The van der Waals surface area contributed by atoms with E-state index in [9.17, 15) is 0 Å². The molecule has 0 bridgehead atoms. The zero-order chi connectivity index (χ0) is 10.1. The van der Waals surface area contributed by atoms with Gasteiger partial charge in [0.15, 0.2) is 0 Å². The monoisotopic (exact) mass is 329 g/mol. The number of rotatable bonds is 1. The lowest BCUT2D eigenvalue weighted by atomic mass is 10.1. The van der Waals surface area contributed by atoms with E-state index in [1.54, 1.807) is 11.3 Å². The highest BCUT2D eigenvalue weighted by Gasteiger charge is 2.10. The van der Waals surface area contributed by atoms with Gasteiger partial charge in [0.05, 0.1) is 10.0 Å². The Morgan fingerprint density at radius 2 is 2.29 bits per heavy atom. The summed E-state index contributed by atoms with van der Waals surface area (Å²) in [6.45, 7) is 0. The van der Waals surface area contributed by atoms with E-state index in [-0.39, 0.29) is 0 Å². The molecule has 0 radical (unpaired) electrons. The van der Waals surface area contributed by atoms with Crippen molar-refractivity contribution in [1.29, 1.82) is 5.26 Å². The molecule has 0 fully saturated rings. The number of hydrogen-bond acceptors (Lipinski definition) is 2. The fraction of sp³-hybridized carbons (Fsp3) is 0.100. The van der Waals surface area contributed by atoms with Crippen molar-refractivity contribution < 1.29 is 0 Å². The largest absolute Gasteiger partial charge is 0.192 e. The highest BCUT2D eigenvalue weighted by Crippen LogP contribution is 2.34. The van der Waals surface area contributed by atoms with Gasteiger partial charge in [-0.05, 0) is 44.4 Å². The molecule has 4 heteroatoms. The molecule has 0 aliphatic carbocycles. The predicted octanol–water partition coefficient (Wildman–Crippen LogP) is 4.43. The zero-order valence-corrected chi connectivity index (χ0v) is 11.0. The molecule has 1 aromatic heterocycles. The van der Waals surface area contributed by atoms with Crippen molar-refractivity contribution in [2.24, 2.45) is 0 Å². The van der Waals surface area contributed by atoms with Crippen molar-refractivity contribution in [3.63, 3.8) is 0 Å². The number of alkyl halides is 1. The molecule has 1 nitrogen and oxygen atoms in total. The van der Waals surface area contributed by atoms with Crippen molar-refractivity contribution in [1.82, 2.24) is 0 Å². The quantitative estimate of drug-likeness (QED) is 0.709. The Morgan fingerprint density at radius 1 is 1.50 bits per heavy atom. The first-order chi connectivity index (χ1) is 6.77. The van der Waals surface area contributed by atoms with Crippen LogP contribution in [0.5, 0.6) is 0 Å². The number of nitrogens with zero attached hydrogens (tertiary/aromatic N) is 1. The lowest BCUT2D eigenvalue weighted by Crippen LogP contribution is -1.87. The average molecular weight is 331 g/mol. The van der Waals surface area contributed by atoms with Crippen LogP contribution in [0.25, 0.3) is 10.1 Å². The van der Waals surface area contributed by atoms with Crippen LogP contribution in [0.15, 0.2) is 22.0 Å². The topological polar surface area (TPSA) is 23.8 Å². The van der Waals surface area contributed by atoms with Crippen molar-refractivity contribution in [2.45, 2.75) is 5.33 Å². The molecule has 0 amide bonds. The second-order valence-electron chi connectivity index (χ2n) is 2.81. The molecule has 0 N–H and O–H groups in total. The number of benzene rings is 1. The third kappa shape index (κ3) is 1.50. The third-order valence-corrected chi connectivity index (χ3v) is 4.63. The molecular weight excluding hydrogens is 326 g/mol. The van der Waals surface area contributed by atoms with Crippen LogP contribution in [0.3, 0.4) is 0 Å². The molecule has 1 aromatic carbocycles. The minimum atomic E-state index is 0.709. The minimum Gasteiger partial charge on any atom is -0.192 e. The molecule has 0 aliphatic heterocycles. The second kappa shape index (κ2) is 4.01. The molecule has 0 spiro atoms. The Morgan fingerprint density at radius 3 is 2.93 bits per heavy atom. The van der Waals surface area contributed by atoms with E-state index in [1.165, 1.54) is 5.39 Å². The van der Waals surface area contributed by atoms with E-state index in [0.29, 0.717) is 5.33 Å². The smallest absolute Gasteiger partial charge is 0.101 e. The van der Waals surface area contributed by atoms with E-state index in [0.717, 1.165) is 20.3 Å². The van der Waals surface area contributed by atoms with Gasteiger partial charge in [-0.25, -0.2) is 0 Å². The van der Waals surface area contributed by atoms with Crippen LogP contribution in [0.2, 0.25) is 0 Å². The average Bonchev–Trinajstić information content (AvgIpc) is 2.65. The molecular formula is C10H5Br2NS. The number of fused-ring (bicyclic) bond motifs is 1. The van der Waals surface area contributed by atoms with Crippen LogP contribution in [-0.2, 0) is 5.33 Å². The van der Waals surface area contributed by atoms with E-state index < -0.39 is 0 Å². The summed E-state index contributed by atoms with van der Waals surface area (Å²) >= 11 is 8.52. The fourth-order valence-electron chi connectivity index (χ4n) is 1.35. The summed E-state index contributed by atoms with van der Waals surface area (Å²) in [5, 5.41) is 13.0. The van der Waals surface area contributed by atoms with Gasteiger partial charge in [-0.3, -0.25) is 0 Å². The molecule has 1 heterocycles. The Labute approximate surface area is 103 Å². The van der Waals surface area contributed by atoms with Crippen molar-refractivity contribution in [3.05, 3.63) is 33.1 Å². The molecule has 0 aliphatic rings. The summed E-state index contributed by atoms with van der Waals surface area (Å²) in [6, 6.07) is 6.35. The summed E-state index contributed by atoms with van der Waals surface area (Å²) in [7, 11) is 0. The molecule has 2 rings (SSSR count). The summed E-state index contributed by atoms with van der Waals surface area (Å²) in [4.78, 5) is 0. The third-order valence-electron chi connectivity index (χ3n) is 2.02. The standard InChI is InChI=1S/C10H5Br2NS/c11-4-7-3-6-1-2-14-10(6)9(12)8(7)5-13/h1-3H,4H2. The molecule has 0 atom stereocenters. The van der Waals surface area contributed by atoms with Gasteiger partial charge in [0, 0.05) is 10.0 Å². The van der Waals surface area contributed by atoms with E-state index >= 15 is 0 Å². The van der Waals surface area contributed by atoms with Gasteiger partial charge >= 0.3 is 0 Å². The van der Waals surface area contributed by atoms with Gasteiger partial charge < -0.3 is 0 Å². The fourth-order valence-corrected chi connectivity index (χ4v) is 3.47. The maximum atomic E-state index is 9.03. The first kappa shape index (κ1) is 10.2. The van der Waals surface area contributed by atoms with Gasteiger partial charge in [-0.15, -0.1) is 11.3 Å². The minimum absolute atomic E-state index is 0.709. The predicted molar refractivity (Wildman–Crippen MR) is 66.9 cm³/mol. The second-order valence-corrected chi connectivity index (χ2v) is 5.08. The number of thiophene rings is 1. The van der Waals surface area contributed by atoms with Crippen molar-refractivity contribution in [2.75, 3.05) is 0 Å². The maximum absolute atomic E-state index is 9.03. The van der Waals surface area contributed by atoms with Gasteiger partial charge in [0.2, 0.25) is 0 Å². The highest BCUT2D eigenvalue weighted by atomic mass is 79.9.